The fourth-order valence-electron chi connectivity index (χ4n) is 1.13. The molecule has 0 aliphatic rings. The van der Waals surface area contributed by atoms with Gasteiger partial charge in [0.25, 0.3) is 5.22 Å². The Labute approximate surface area is 105 Å². The Morgan fingerprint density at radius 2 is 2.00 bits per heavy atom. The van der Waals surface area contributed by atoms with Gasteiger partial charge in [-0.3, -0.25) is 0 Å². The quantitative estimate of drug-likeness (QED) is 0.762. The van der Waals surface area contributed by atoms with Crippen LogP contribution in [0, 0.1) is 0 Å². The molecule has 0 radical (unpaired) electrons. The van der Waals surface area contributed by atoms with E-state index >= 15 is 0 Å². The van der Waals surface area contributed by atoms with E-state index in [1.807, 2.05) is 20.1 Å². The summed E-state index contributed by atoms with van der Waals surface area (Å²) in [4.78, 5) is 0. The Bertz CT molecular complexity index is 314. The minimum absolute atomic E-state index is 0.546. The van der Waals surface area contributed by atoms with Crippen LogP contribution in [0.25, 0.3) is 0 Å². The van der Waals surface area contributed by atoms with Gasteiger partial charge >= 0.3 is 0 Å². The first-order valence-corrected chi connectivity index (χ1v) is 7.68. The fourth-order valence-corrected chi connectivity index (χ4v) is 2.55. The lowest BCUT2D eigenvalue weighted by Gasteiger charge is -2.23. The zero-order valence-corrected chi connectivity index (χ0v) is 11.5. The summed E-state index contributed by atoms with van der Waals surface area (Å²) in [5.74, 6) is 1.98. The molecule has 0 saturated carbocycles. The van der Waals surface area contributed by atoms with Gasteiger partial charge < -0.3 is 9.52 Å². The van der Waals surface area contributed by atoms with Crippen molar-refractivity contribution in [1.82, 2.24) is 10.2 Å². The zero-order valence-electron chi connectivity index (χ0n) is 9.89. The predicted octanol–water partition coefficient (Wildman–Crippen LogP) is 2.58. The molecule has 1 aromatic heterocycles. The summed E-state index contributed by atoms with van der Waals surface area (Å²) in [5.41, 5.74) is -0.626. The van der Waals surface area contributed by atoms with Crippen molar-refractivity contribution in [1.29, 1.82) is 0 Å². The molecule has 0 bridgehead atoms. The highest BCUT2D eigenvalue weighted by atomic mass is 32.2. The monoisotopic (exact) mass is 262 g/mol. The Kier molecular flexibility index (Phi) is 5.64. The third kappa shape index (κ3) is 3.99. The molecule has 1 aromatic rings. The van der Waals surface area contributed by atoms with Crippen LogP contribution >= 0.6 is 23.5 Å². The van der Waals surface area contributed by atoms with E-state index in [9.17, 15) is 5.11 Å². The van der Waals surface area contributed by atoms with Crippen molar-refractivity contribution in [3.63, 3.8) is 0 Å². The molecule has 0 amide bonds. The van der Waals surface area contributed by atoms with Gasteiger partial charge in [0.1, 0.15) is 0 Å². The van der Waals surface area contributed by atoms with Crippen LogP contribution in [0.1, 0.15) is 32.6 Å². The third-order valence-corrected chi connectivity index (χ3v) is 4.13. The highest BCUT2D eigenvalue weighted by Crippen LogP contribution is 2.26. The first-order valence-electron chi connectivity index (χ1n) is 5.30. The van der Waals surface area contributed by atoms with E-state index in [1.54, 1.807) is 11.8 Å². The largest absolute Gasteiger partial charge is 0.415 e. The molecule has 0 spiro atoms. The van der Waals surface area contributed by atoms with Gasteiger partial charge in [-0.15, -0.1) is 10.2 Å². The summed E-state index contributed by atoms with van der Waals surface area (Å²) in [6.07, 6.45) is 3.47. The van der Waals surface area contributed by atoms with E-state index < -0.39 is 5.60 Å². The maximum Gasteiger partial charge on any atom is 0.276 e. The number of nitrogens with zero attached hydrogens (tertiary/aromatic N) is 2. The number of aromatic nitrogens is 2. The molecule has 1 rings (SSSR count). The van der Waals surface area contributed by atoms with E-state index in [1.165, 1.54) is 11.8 Å². The summed E-state index contributed by atoms with van der Waals surface area (Å²) in [5, 5.41) is 18.5. The van der Waals surface area contributed by atoms with Crippen LogP contribution in [-0.2, 0) is 5.75 Å². The van der Waals surface area contributed by atoms with Crippen LogP contribution < -0.4 is 0 Å². The molecule has 4 nitrogen and oxygen atoms in total. The number of aliphatic hydroxyl groups is 1. The Morgan fingerprint density at radius 3 is 2.56 bits per heavy atom. The van der Waals surface area contributed by atoms with Gasteiger partial charge in [0.2, 0.25) is 5.89 Å². The van der Waals surface area contributed by atoms with Crippen molar-refractivity contribution in [3.05, 3.63) is 5.89 Å². The van der Waals surface area contributed by atoms with Crippen LogP contribution in [0.3, 0.4) is 0 Å². The minimum Gasteiger partial charge on any atom is -0.415 e. The average Bonchev–Trinajstić information content (AvgIpc) is 2.74. The number of hydrogen-bond acceptors (Lipinski definition) is 6. The first-order chi connectivity index (χ1) is 7.63. The Morgan fingerprint density at radius 1 is 1.31 bits per heavy atom. The van der Waals surface area contributed by atoms with Gasteiger partial charge in [0, 0.05) is 5.75 Å². The van der Waals surface area contributed by atoms with Crippen LogP contribution in [-0.4, -0.2) is 32.9 Å². The molecule has 0 fully saturated rings. The van der Waals surface area contributed by atoms with Crippen LogP contribution in [0.15, 0.2) is 9.64 Å². The summed E-state index contributed by atoms with van der Waals surface area (Å²) in [6.45, 7) is 3.97. The molecule has 0 atom stereocenters. The average molecular weight is 262 g/mol. The second kappa shape index (κ2) is 6.51. The maximum atomic E-state index is 10.1. The summed E-state index contributed by atoms with van der Waals surface area (Å²) < 4.78 is 5.42. The molecular weight excluding hydrogens is 244 g/mol. The molecule has 6 heteroatoms. The van der Waals surface area contributed by atoms with Crippen LogP contribution in [0.2, 0.25) is 0 Å². The molecule has 1 heterocycles. The van der Waals surface area contributed by atoms with E-state index in [-0.39, 0.29) is 0 Å². The maximum absolute atomic E-state index is 10.1. The third-order valence-electron chi connectivity index (χ3n) is 2.50. The zero-order chi connectivity index (χ0) is 12.0. The lowest BCUT2D eigenvalue weighted by molar-refractivity contribution is 0.0569. The summed E-state index contributed by atoms with van der Waals surface area (Å²) in [6, 6.07) is 0. The smallest absolute Gasteiger partial charge is 0.276 e. The second-order valence-electron chi connectivity index (χ2n) is 3.61. The lowest BCUT2D eigenvalue weighted by Crippen LogP contribution is -2.29. The van der Waals surface area contributed by atoms with Crippen molar-refractivity contribution in [2.24, 2.45) is 0 Å². The first kappa shape index (κ1) is 13.9. The summed E-state index contributed by atoms with van der Waals surface area (Å²) >= 11 is 3.07. The fraction of sp³-hybridized carbons (Fsp3) is 0.800. The van der Waals surface area contributed by atoms with Crippen LogP contribution in [0.5, 0.6) is 0 Å². The normalized spacial score (nSPS) is 12.0. The van der Waals surface area contributed by atoms with Crippen molar-refractivity contribution >= 4 is 23.5 Å². The lowest BCUT2D eigenvalue weighted by atomic mass is 10.0. The standard InChI is InChI=1S/C10H18N2O2S2/c1-4-10(13,5-2)7-16-9-12-11-8(14-9)6-15-3/h13H,4-7H2,1-3H3. The number of rotatable bonds is 7. The minimum atomic E-state index is -0.626. The molecule has 1 N–H and O–H groups in total. The molecule has 0 saturated heterocycles. The summed E-state index contributed by atoms with van der Waals surface area (Å²) in [7, 11) is 0. The van der Waals surface area contributed by atoms with Crippen molar-refractivity contribution in [2.45, 2.75) is 43.3 Å². The topological polar surface area (TPSA) is 59.2 Å². The van der Waals surface area contributed by atoms with E-state index in [0.717, 1.165) is 18.6 Å². The van der Waals surface area contributed by atoms with Crippen molar-refractivity contribution < 1.29 is 9.52 Å². The molecule has 0 unspecified atom stereocenters. The van der Waals surface area contributed by atoms with E-state index in [2.05, 4.69) is 10.2 Å². The molecule has 0 aromatic carbocycles. The Balaban J connectivity index is 2.47. The van der Waals surface area contributed by atoms with Gasteiger partial charge in [0.05, 0.1) is 11.4 Å². The SMILES string of the molecule is CCC(O)(CC)CSc1nnc(CSC)o1. The van der Waals surface area contributed by atoms with Gasteiger partial charge in [-0.1, -0.05) is 25.6 Å². The predicted molar refractivity (Wildman–Crippen MR) is 67.8 cm³/mol. The molecule has 92 valence electrons. The number of thioether (sulfide) groups is 2. The van der Waals surface area contributed by atoms with Crippen molar-refractivity contribution in [2.75, 3.05) is 12.0 Å². The van der Waals surface area contributed by atoms with Crippen LogP contribution in [0.4, 0.5) is 0 Å². The van der Waals surface area contributed by atoms with Gasteiger partial charge in [-0.25, -0.2) is 0 Å². The van der Waals surface area contributed by atoms with Gasteiger partial charge in [-0.2, -0.15) is 11.8 Å². The number of hydrogen-bond donors (Lipinski definition) is 1. The van der Waals surface area contributed by atoms with E-state index in [4.69, 9.17) is 4.42 Å². The molecular formula is C10H18N2O2S2. The van der Waals surface area contributed by atoms with Crippen molar-refractivity contribution in [3.8, 4) is 0 Å². The highest BCUT2D eigenvalue weighted by molar-refractivity contribution is 7.99. The van der Waals surface area contributed by atoms with Gasteiger partial charge in [-0.05, 0) is 19.1 Å². The Hall–Kier alpha value is -0.200. The second-order valence-corrected chi connectivity index (χ2v) is 5.41. The highest BCUT2D eigenvalue weighted by Gasteiger charge is 2.23. The van der Waals surface area contributed by atoms with Gasteiger partial charge in [0.15, 0.2) is 0 Å². The molecule has 16 heavy (non-hydrogen) atoms. The van der Waals surface area contributed by atoms with E-state index in [0.29, 0.717) is 16.9 Å². The molecule has 0 aliphatic carbocycles. The molecule has 0 aliphatic heterocycles.